The summed E-state index contributed by atoms with van der Waals surface area (Å²) in [5.41, 5.74) is 0. The van der Waals surface area contributed by atoms with Gasteiger partial charge in [-0.15, -0.1) is 0 Å². The standard InChI is InChI=1S/C12H24N2/c1-14-8-4-7-13-10-12(14)9-11-5-2-3-6-11/h11-13H,2-10H2,1H3. The fourth-order valence-electron chi connectivity index (χ4n) is 2.95. The van der Waals surface area contributed by atoms with Crippen molar-refractivity contribution in [3.05, 3.63) is 0 Å². The molecule has 0 radical (unpaired) electrons. The first kappa shape index (κ1) is 10.4. The maximum absolute atomic E-state index is 3.56. The minimum absolute atomic E-state index is 0.806. The predicted octanol–water partition coefficient (Wildman–Crippen LogP) is 1.86. The summed E-state index contributed by atoms with van der Waals surface area (Å²) in [6.07, 6.45) is 8.69. The smallest absolute Gasteiger partial charge is 0.0220 e. The number of hydrogen-bond acceptors (Lipinski definition) is 2. The topological polar surface area (TPSA) is 15.3 Å². The van der Waals surface area contributed by atoms with Crippen LogP contribution in [0.3, 0.4) is 0 Å². The molecule has 0 aromatic rings. The van der Waals surface area contributed by atoms with Gasteiger partial charge in [-0.05, 0) is 38.9 Å². The van der Waals surface area contributed by atoms with E-state index in [2.05, 4.69) is 17.3 Å². The van der Waals surface area contributed by atoms with Gasteiger partial charge < -0.3 is 10.2 Å². The maximum Gasteiger partial charge on any atom is 0.0220 e. The van der Waals surface area contributed by atoms with Crippen LogP contribution in [-0.2, 0) is 0 Å². The zero-order valence-corrected chi connectivity index (χ0v) is 9.47. The fraction of sp³-hybridized carbons (Fsp3) is 1.00. The van der Waals surface area contributed by atoms with Gasteiger partial charge in [0.1, 0.15) is 0 Å². The van der Waals surface area contributed by atoms with Gasteiger partial charge in [0.05, 0.1) is 0 Å². The summed E-state index contributed by atoms with van der Waals surface area (Å²) in [5.74, 6) is 1.03. The molecule has 2 heteroatoms. The summed E-state index contributed by atoms with van der Waals surface area (Å²) in [4.78, 5) is 2.57. The summed E-state index contributed by atoms with van der Waals surface area (Å²) in [6.45, 7) is 3.71. The van der Waals surface area contributed by atoms with Crippen molar-refractivity contribution < 1.29 is 0 Å². The third-order valence-electron chi connectivity index (χ3n) is 3.95. The fourth-order valence-corrected chi connectivity index (χ4v) is 2.95. The SMILES string of the molecule is CN1CCCNCC1CC1CCCC1. The van der Waals surface area contributed by atoms with E-state index in [1.165, 1.54) is 58.2 Å². The molecule has 0 aromatic carbocycles. The molecule has 2 fully saturated rings. The van der Waals surface area contributed by atoms with E-state index in [0.717, 1.165) is 12.0 Å². The molecule has 1 N–H and O–H groups in total. The Labute approximate surface area is 88.1 Å². The van der Waals surface area contributed by atoms with E-state index in [9.17, 15) is 0 Å². The van der Waals surface area contributed by atoms with E-state index < -0.39 is 0 Å². The highest BCUT2D eigenvalue weighted by atomic mass is 15.2. The van der Waals surface area contributed by atoms with Crippen molar-refractivity contribution in [2.75, 3.05) is 26.7 Å². The van der Waals surface area contributed by atoms with Crippen molar-refractivity contribution >= 4 is 0 Å². The number of rotatable bonds is 2. The molecular formula is C12H24N2. The number of nitrogens with one attached hydrogen (secondary N) is 1. The Morgan fingerprint density at radius 3 is 2.79 bits per heavy atom. The van der Waals surface area contributed by atoms with Crippen LogP contribution in [0, 0.1) is 5.92 Å². The third kappa shape index (κ3) is 2.71. The van der Waals surface area contributed by atoms with Gasteiger partial charge in [-0.1, -0.05) is 25.7 Å². The Balaban J connectivity index is 1.81. The van der Waals surface area contributed by atoms with E-state index >= 15 is 0 Å². The third-order valence-corrected chi connectivity index (χ3v) is 3.95. The van der Waals surface area contributed by atoms with Crippen LogP contribution in [0.5, 0.6) is 0 Å². The van der Waals surface area contributed by atoms with Crippen LogP contribution in [0.1, 0.15) is 38.5 Å². The molecule has 0 bridgehead atoms. The Morgan fingerprint density at radius 1 is 1.21 bits per heavy atom. The Kier molecular flexibility index (Phi) is 3.82. The average molecular weight is 196 g/mol. The van der Waals surface area contributed by atoms with E-state index in [1.54, 1.807) is 0 Å². The van der Waals surface area contributed by atoms with Gasteiger partial charge in [-0.3, -0.25) is 0 Å². The van der Waals surface area contributed by atoms with E-state index in [4.69, 9.17) is 0 Å². The average Bonchev–Trinajstić information content (AvgIpc) is 2.60. The lowest BCUT2D eigenvalue weighted by Crippen LogP contribution is -2.38. The normalized spacial score (nSPS) is 31.9. The molecule has 1 unspecified atom stereocenters. The molecule has 14 heavy (non-hydrogen) atoms. The second-order valence-corrected chi connectivity index (χ2v) is 5.08. The lowest BCUT2D eigenvalue weighted by atomic mass is 9.97. The first-order valence-corrected chi connectivity index (χ1v) is 6.27. The molecule has 2 rings (SSSR count). The van der Waals surface area contributed by atoms with Crippen molar-refractivity contribution in [1.82, 2.24) is 10.2 Å². The van der Waals surface area contributed by atoms with Crippen molar-refractivity contribution in [1.29, 1.82) is 0 Å². The Bertz CT molecular complexity index is 164. The van der Waals surface area contributed by atoms with E-state index in [0.29, 0.717) is 0 Å². The second kappa shape index (κ2) is 5.13. The molecule has 1 atom stereocenters. The van der Waals surface area contributed by atoms with Gasteiger partial charge in [0.25, 0.3) is 0 Å². The minimum Gasteiger partial charge on any atom is -0.315 e. The number of nitrogens with zero attached hydrogens (tertiary/aromatic N) is 1. The quantitative estimate of drug-likeness (QED) is 0.725. The van der Waals surface area contributed by atoms with Crippen LogP contribution >= 0.6 is 0 Å². The molecule has 1 saturated heterocycles. The van der Waals surface area contributed by atoms with Gasteiger partial charge in [-0.2, -0.15) is 0 Å². The van der Waals surface area contributed by atoms with Crippen molar-refractivity contribution in [3.8, 4) is 0 Å². The Morgan fingerprint density at radius 2 is 2.00 bits per heavy atom. The zero-order chi connectivity index (χ0) is 9.80. The summed E-state index contributed by atoms with van der Waals surface area (Å²) in [6, 6.07) is 0.806. The molecule has 82 valence electrons. The summed E-state index contributed by atoms with van der Waals surface area (Å²) in [5, 5.41) is 3.56. The molecule has 0 spiro atoms. The number of likely N-dealkylation sites (N-methyl/N-ethyl adjacent to an activating group) is 1. The van der Waals surface area contributed by atoms with E-state index in [-0.39, 0.29) is 0 Å². The van der Waals surface area contributed by atoms with Crippen LogP contribution in [0.2, 0.25) is 0 Å². The van der Waals surface area contributed by atoms with Gasteiger partial charge in [0, 0.05) is 12.6 Å². The largest absolute Gasteiger partial charge is 0.315 e. The van der Waals surface area contributed by atoms with Crippen LogP contribution < -0.4 is 5.32 Å². The van der Waals surface area contributed by atoms with E-state index in [1.807, 2.05) is 0 Å². The van der Waals surface area contributed by atoms with Gasteiger partial charge in [-0.25, -0.2) is 0 Å². The first-order chi connectivity index (χ1) is 6.86. The Hall–Kier alpha value is -0.0800. The van der Waals surface area contributed by atoms with Crippen molar-refractivity contribution in [2.24, 2.45) is 5.92 Å². The summed E-state index contributed by atoms with van der Waals surface area (Å²) < 4.78 is 0. The van der Waals surface area contributed by atoms with Crippen molar-refractivity contribution in [2.45, 2.75) is 44.6 Å². The molecule has 1 heterocycles. The lowest BCUT2D eigenvalue weighted by Gasteiger charge is -2.27. The van der Waals surface area contributed by atoms with Crippen LogP contribution in [0.4, 0.5) is 0 Å². The highest BCUT2D eigenvalue weighted by Gasteiger charge is 2.23. The first-order valence-electron chi connectivity index (χ1n) is 6.27. The molecule has 2 aliphatic rings. The molecule has 0 amide bonds. The molecular weight excluding hydrogens is 172 g/mol. The monoisotopic (exact) mass is 196 g/mol. The minimum atomic E-state index is 0.806. The lowest BCUT2D eigenvalue weighted by molar-refractivity contribution is 0.219. The van der Waals surface area contributed by atoms with Crippen LogP contribution in [-0.4, -0.2) is 37.6 Å². The highest BCUT2D eigenvalue weighted by Crippen LogP contribution is 2.29. The van der Waals surface area contributed by atoms with Gasteiger partial charge >= 0.3 is 0 Å². The number of hydrogen-bond donors (Lipinski definition) is 1. The molecule has 1 aliphatic carbocycles. The highest BCUT2D eigenvalue weighted by molar-refractivity contribution is 4.80. The van der Waals surface area contributed by atoms with Gasteiger partial charge in [0.2, 0.25) is 0 Å². The van der Waals surface area contributed by atoms with Gasteiger partial charge in [0.15, 0.2) is 0 Å². The second-order valence-electron chi connectivity index (χ2n) is 5.08. The van der Waals surface area contributed by atoms with Crippen molar-refractivity contribution in [3.63, 3.8) is 0 Å². The molecule has 1 aliphatic heterocycles. The summed E-state index contributed by atoms with van der Waals surface area (Å²) in [7, 11) is 2.30. The summed E-state index contributed by atoms with van der Waals surface area (Å²) >= 11 is 0. The molecule has 1 saturated carbocycles. The predicted molar refractivity (Wildman–Crippen MR) is 60.5 cm³/mol. The molecule has 2 nitrogen and oxygen atoms in total. The van der Waals surface area contributed by atoms with Crippen LogP contribution in [0.25, 0.3) is 0 Å². The molecule has 0 aromatic heterocycles. The zero-order valence-electron chi connectivity index (χ0n) is 9.47. The maximum atomic E-state index is 3.56. The van der Waals surface area contributed by atoms with Crippen LogP contribution in [0.15, 0.2) is 0 Å².